The molecule has 0 saturated heterocycles. The van der Waals surface area contributed by atoms with Crippen molar-refractivity contribution in [2.24, 2.45) is 0 Å². The van der Waals surface area contributed by atoms with Crippen molar-refractivity contribution in [1.82, 2.24) is 0 Å². The van der Waals surface area contributed by atoms with Crippen molar-refractivity contribution in [3.63, 3.8) is 0 Å². The molecule has 1 heteroatoms. The second-order valence-corrected chi connectivity index (χ2v) is 19.6. The van der Waals surface area contributed by atoms with Crippen LogP contribution >= 0.6 is 0 Å². The first kappa shape index (κ1) is 41.2. The summed E-state index contributed by atoms with van der Waals surface area (Å²) in [6.45, 7) is 9.21. The minimum atomic E-state index is -0.151. The second-order valence-electron chi connectivity index (χ2n) is 19.6. The minimum absolute atomic E-state index is 0.151. The van der Waals surface area contributed by atoms with Crippen LogP contribution in [0.15, 0.2) is 212 Å². The Morgan fingerprint density at radius 3 is 1.93 bits per heavy atom. The van der Waals surface area contributed by atoms with Crippen LogP contribution in [0.25, 0.3) is 93.2 Å². The molecule has 0 N–H and O–H groups in total. The molecule has 10 aromatic carbocycles. The van der Waals surface area contributed by atoms with Gasteiger partial charge in [-0.15, -0.1) is 0 Å². The van der Waals surface area contributed by atoms with Gasteiger partial charge in [-0.05, 0) is 178 Å². The summed E-state index contributed by atoms with van der Waals surface area (Å²) in [6.07, 6.45) is 14.4. The SMILES string of the molecule is C/C=C\C1=C(CC)c2cccc3c(N(c4ccc5c(c4)C(C)(C)c4ccccc4-5)c4ccc5c(c4)c4ccccc4c4c(-c6ccccc6)cc(-c6ccccc6)c(C6=CC=CCC6)c54)ccc1c23. The van der Waals surface area contributed by atoms with Crippen LogP contribution in [0.4, 0.5) is 17.1 Å². The monoisotopic (exact) mass is 883 g/mol. The molecule has 0 saturated carbocycles. The summed E-state index contributed by atoms with van der Waals surface area (Å²) in [4.78, 5) is 2.56. The average molecular weight is 884 g/mol. The van der Waals surface area contributed by atoms with Gasteiger partial charge >= 0.3 is 0 Å². The van der Waals surface area contributed by atoms with Crippen LogP contribution in [0.2, 0.25) is 0 Å². The Balaban J connectivity index is 1.14. The predicted octanol–water partition coefficient (Wildman–Crippen LogP) is 19.4. The molecular formula is C68H53N. The van der Waals surface area contributed by atoms with Gasteiger partial charge in [-0.3, -0.25) is 0 Å². The number of anilines is 3. The van der Waals surface area contributed by atoms with E-state index < -0.39 is 0 Å². The van der Waals surface area contributed by atoms with Crippen LogP contribution in [0.1, 0.15) is 74.8 Å². The number of benzene rings is 10. The summed E-state index contributed by atoms with van der Waals surface area (Å²) in [6, 6.07) is 69.0. The molecule has 69 heavy (non-hydrogen) atoms. The van der Waals surface area contributed by atoms with Crippen molar-refractivity contribution in [3.05, 3.63) is 240 Å². The van der Waals surface area contributed by atoms with Gasteiger partial charge in [-0.1, -0.05) is 197 Å². The van der Waals surface area contributed by atoms with Gasteiger partial charge < -0.3 is 4.90 Å². The van der Waals surface area contributed by atoms with Gasteiger partial charge in [0, 0.05) is 22.2 Å². The summed E-state index contributed by atoms with van der Waals surface area (Å²) in [5, 5.41) is 10.3. The lowest BCUT2D eigenvalue weighted by Gasteiger charge is -2.30. The van der Waals surface area contributed by atoms with E-state index in [1.165, 1.54) is 127 Å². The number of fused-ring (bicyclic) bond motifs is 9. The fourth-order valence-corrected chi connectivity index (χ4v) is 12.5. The Morgan fingerprint density at radius 1 is 0.507 bits per heavy atom. The Kier molecular flexibility index (Phi) is 9.60. The molecule has 10 aromatic rings. The van der Waals surface area contributed by atoms with Crippen molar-refractivity contribution < 1.29 is 0 Å². The number of rotatable bonds is 8. The third kappa shape index (κ3) is 6.23. The maximum absolute atomic E-state index is 2.56. The van der Waals surface area contributed by atoms with E-state index in [1.54, 1.807) is 0 Å². The molecule has 1 nitrogen and oxygen atoms in total. The van der Waals surface area contributed by atoms with E-state index in [-0.39, 0.29) is 5.41 Å². The highest BCUT2D eigenvalue weighted by Gasteiger charge is 2.36. The van der Waals surface area contributed by atoms with Crippen molar-refractivity contribution in [3.8, 4) is 33.4 Å². The lowest BCUT2D eigenvalue weighted by molar-refractivity contribution is 0.660. The third-order valence-electron chi connectivity index (χ3n) is 15.6. The van der Waals surface area contributed by atoms with E-state index in [9.17, 15) is 0 Å². The van der Waals surface area contributed by atoms with Gasteiger partial charge in [-0.25, -0.2) is 0 Å². The summed E-state index contributed by atoms with van der Waals surface area (Å²) < 4.78 is 0. The van der Waals surface area contributed by atoms with Gasteiger partial charge in [0.05, 0.1) is 5.69 Å². The maximum atomic E-state index is 2.56. The first-order chi connectivity index (χ1) is 33.9. The van der Waals surface area contributed by atoms with E-state index in [0.29, 0.717) is 0 Å². The van der Waals surface area contributed by atoms with Crippen molar-refractivity contribution in [2.45, 2.75) is 52.4 Å². The molecule has 0 aromatic heterocycles. The average Bonchev–Trinajstić information content (AvgIpc) is 3.84. The highest BCUT2D eigenvalue weighted by molar-refractivity contribution is 6.32. The summed E-state index contributed by atoms with van der Waals surface area (Å²) in [5.41, 5.74) is 21.9. The topological polar surface area (TPSA) is 3.24 Å². The standard InChI is InChI=1S/C68H53N/c1-5-21-49-48(6-2)53-31-20-32-57-63(39-38-55(49)65(53)57)69(47-34-36-52-51-29-18-19-33-61(51)68(3,4)62(52)41-47)46-35-37-56-60(40-46)50-28-16-17-30-54(50)66-59(44-24-12-8-13-25-44)42-58(43-22-10-7-11-23-43)64(67(56)66)45-26-14-9-15-27-45/h5,7-14,16-26,28-42H,6,15,27H2,1-4H3/b21-5-. The van der Waals surface area contributed by atoms with Gasteiger partial charge in [0.2, 0.25) is 0 Å². The molecule has 0 unspecified atom stereocenters. The van der Waals surface area contributed by atoms with Crippen molar-refractivity contribution >= 4 is 76.9 Å². The highest BCUT2D eigenvalue weighted by Crippen LogP contribution is 2.54. The molecule has 0 fully saturated rings. The Labute approximate surface area is 405 Å². The number of hydrogen-bond acceptors (Lipinski definition) is 1. The normalized spacial score (nSPS) is 14.6. The van der Waals surface area contributed by atoms with E-state index >= 15 is 0 Å². The van der Waals surface area contributed by atoms with Crippen LogP contribution in [-0.2, 0) is 5.41 Å². The molecule has 3 aliphatic carbocycles. The summed E-state index contributed by atoms with van der Waals surface area (Å²) in [5.74, 6) is 0. The first-order valence-corrected chi connectivity index (χ1v) is 24.8. The minimum Gasteiger partial charge on any atom is -0.310 e. The predicted molar refractivity (Wildman–Crippen MR) is 298 cm³/mol. The fourth-order valence-electron chi connectivity index (χ4n) is 12.5. The molecule has 0 radical (unpaired) electrons. The molecular weight excluding hydrogens is 831 g/mol. The molecule has 0 atom stereocenters. The lowest BCUT2D eigenvalue weighted by atomic mass is 9.80. The quantitative estimate of drug-likeness (QED) is 0.137. The van der Waals surface area contributed by atoms with Crippen LogP contribution in [0.3, 0.4) is 0 Å². The maximum Gasteiger partial charge on any atom is 0.0540 e. The smallest absolute Gasteiger partial charge is 0.0540 e. The van der Waals surface area contributed by atoms with E-state index in [0.717, 1.165) is 30.6 Å². The molecule has 0 aliphatic heterocycles. The molecule has 13 rings (SSSR count). The lowest BCUT2D eigenvalue weighted by Crippen LogP contribution is -2.16. The fraction of sp³-hybridized carbons (Fsp3) is 0.118. The number of hydrogen-bond donors (Lipinski definition) is 0. The van der Waals surface area contributed by atoms with E-state index in [2.05, 4.69) is 245 Å². The van der Waals surface area contributed by atoms with Crippen molar-refractivity contribution in [1.29, 1.82) is 0 Å². The number of nitrogens with zero attached hydrogens (tertiary/aromatic N) is 1. The van der Waals surface area contributed by atoms with Crippen LogP contribution < -0.4 is 4.90 Å². The Hall–Kier alpha value is -8.00. The molecule has 0 bridgehead atoms. The van der Waals surface area contributed by atoms with Crippen molar-refractivity contribution in [2.75, 3.05) is 4.90 Å². The van der Waals surface area contributed by atoms with E-state index in [1.807, 2.05) is 0 Å². The zero-order chi connectivity index (χ0) is 46.4. The summed E-state index contributed by atoms with van der Waals surface area (Å²) in [7, 11) is 0. The first-order valence-electron chi connectivity index (χ1n) is 24.8. The van der Waals surface area contributed by atoms with Gasteiger partial charge in [0.1, 0.15) is 0 Å². The molecule has 330 valence electrons. The zero-order valence-electron chi connectivity index (χ0n) is 39.8. The largest absolute Gasteiger partial charge is 0.310 e. The van der Waals surface area contributed by atoms with Crippen LogP contribution in [-0.4, -0.2) is 0 Å². The Morgan fingerprint density at radius 2 is 1.16 bits per heavy atom. The molecule has 0 heterocycles. The number of allylic oxidation sites excluding steroid dienone is 8. The second kappa shape index (κ2) is 16.1. The van der Waals surface area contributed by atoms with Gasteiger partial charge in [-0.2, -0.15) is 0 Å². The molecule has 0 spiro atoms. The van der Waals surface area contributed by atoms with Gasteiger partial charge in [0.25, 0.3) is 0 Å². The molecule has 3 aliphatic rings. The zero-order valence-corrected chi connectivity index (χ0v) is 39.8. The Bertz CT molecular complexity index is 3890. The third-order valence-corrected chi connectivity index (χ3v) is 15.6. The molecule has 0 amide bonds. The van der Waals surface area contributed by atoms with Crippen LogP contribution in [0.5, 0.6) is 0 Å². The van der Waals surface area contributed by atoms with E-state index in [4.69, 9.17) is 0 Å². The van der Waals surface area contributed by atoms with Gasteiger partial charge in [0.15, 0.2) is 0 Å². The summed E-state index contributed by atoms with van der Waals surface area (Å²) >= 11 is 0. The van der Waals surface area contributed by atoms with Crippen LogP contribution in [0, 0.1) is 0 Å². The highest BCUT2D eigenvalue weighted by atomic mass is 15.1.